The Morgan fingerprint density at radius 2 is 1.62 bits per heavy atom. The molecular weight excluding hydrogens is 200 g/mol. The van der Waals surface area contributed by atoms with E-state index in [1.165, 1.54) is 11.1 Å². The number of nitrogens with zero attached hydrogens (tertiary/aromatic N) is 1. The van der Waals surface area contributed by atoms with Crippen molar-refractivity contribution in [1.82, 2.24) is 9.84 Å². The zero-order valence-electron chi connectivity index (χ0n) is 8.30. The number of hydrazine groups is 1. The molecule has 0 unspecified atom stereocenters. The molecule has 4 heteroatoms. The number of allylic oxidation sites excluding steroid dienone is 3. The van der Waals surface area contributed by atoms with E-state index < -0.39 is 0 Å². The third-order valence-electron chi connectivity index (χ3n) is 2.53. The lowest BCUT2D eigenvalue weighted by molar-refractivity contribution is 0.534. The molecule has 0 saturated heterocycles. The van der Waals surface area contributed by atoms with Crippen molar-refractivity contribution >= 4 is 30.0 Å². The molecule has 0 aromatic rings. The summed E-state index contributed by atoms with van der Waals surface area (Å²) in [7, 11) is 0. The molecule has 0 aromatic carbocycles. The predicted octanol–water partition coefficient (Wildman–Crippen LogP) is 2.61. The average Bonchev–Trinajstić information content (AvgIpc) is 2.15. The Kier molecular flexibility index (Phi) is 3.03. The molecule has 1 aliphatic heterocycles. The Morgan fingerprint density at radius 3 is 2.15 bits per heavy atom. The van der Waals surface area contributed by atoms with Crippen LogP contribution in [0, 0.1) is 0 Å². The van der Waals surface area contributed by atoms with Gasteiger partial charge in [0.2, 0.25) is 0 Å². The van der Waals surface area contributed by atoms with Crippen molar-refractivity contribution in [2.75, 3.05) is 0 Å². The van der Waals surface area contributed by atoms with Crippen LogP contribution in [0.4, 0.5) is 0 Å². The van der Waals surface area contributed by atoms with E-state index in [0.29, 0.717) is 0 Å². The smallest absolute Gasteiger partial charge is 0.121 e. The number of thiol groups is 1. The van der Waals surface area contributed by atoms with E-state index in [0.717, 1.165) is 16.3 Å². The third-order valence-corrected chi connectivity index (χ3v) is 3.33. The third kappa shape index (κ3) is 1.89. The Morgan fingerprint density at radius 1 is 1.08 bits per heavy atom. The van der Waals surface area contributed by atoms with Gasteiger partial charge in [-0.15, -0.1) is 0 Å². The van der Waals surface area contributed by atoms with Gasteiger partial charge in [-0.25, -0.2) is 4.41 Å². The van der Waals surface area contributed by atoms with Crippen molar-refractivity contribution in [1.29, 1.82) is 0 Å². The second-order valence-corrected chi connectivity index (χ2v) is 4.02. The molecular formula is C9H14N2S2. The normalized spacial score (nSPS) is 19.2. The van der Waals surface area contributed by atoms with E-state index in [9.17, 15) is 0 Å². The summed E-state index contributed by atoms with van der Waals surface area (Å²) >= 11 is 9.46. The molecule has 2 nitrogen and oxygen atoms in total. The number of hydrogen-bond donors (Lipinski definition) is 2. The Balaban J connectivity index is 3.24. The van der Waals surface area contributed by atoms with E-state index in [1.54, 1.807) is 4.41 Å². The fourth-order valence-electron chi connectivity index (χ4n) is 1.15. The minimum Gasteiger partial charge on any atom is -0.278 e. The first kappa shape index (κ1) is 10.6. The van der Waals surface area contributed by atoms with Crippen LogP contribution in [0.3, 0.4) is 0 Å². The summed E-state index contributed by atoms with van der Waals surface area (Å²) in [6.07, 6.45) is 0. The van der Waals surface area contributed by atoms with Crippen LogP contribution in [-0.2, 0) is 0 Å². The number of thiocarbonyl (C=S) groups is 1. The zero-order valence-corrected chi connectivity index (χ0v) is 10.0. The average molecular weight is 214 g/mol. The molecule has 0 saturated carbocycles. The van der Waals surface area contributed by atoms with Crippen molar-refractivity contribution in [3.63, 3.8) is 0 Å². The van der Waals surface area contributed by atoms with Crippen LogP contribution in [0.25, 0.3) is 0 Å². The summed E-state index contributed by atoms with van der Waals surface area (Å²) in [5.74, 6) is 0. The number of nitrogens with one attached hydrogen (secondary N) is 1. The maximum atomic E-state index is 5.19. The zero-order chi connectivity index (χ0) is 10.2. The van der Waals surface area contributed by atoms with E-state index in [2.05, 4.69) is 32.1 Å². The molecule has 0 amide bonds. The Hall–Kier alpha value is -0.480. The van der Waals surface area contributed by atoms with E-state index in [-0.39, 0.29) is 0 Å². The highest BCUT2D eigenvalue weighted by atomic mass is 32.1. The fraction of sp³-hybridized carbons (Fsp3) is 0.444. The quantitative estimate of drug-likeness (QED) is 0.476. The van der Waals surface area contributed by atoms with Gasteiger partial charge in [-0.1, -0.05) is 12.2 Å². The standard InChI is InChI=1S/C9H14N2S2/c1-5-6(2)8(4)11(13)10-9(12)7(5)3/h13H,1-4H3,(H,10,12). The highest BCUT2D eigenvalue weighted by Crippen LogP contribution is 2.23. The van der Waals surface area contributed by atoms with Gasteiger partial charge in [0, 0.05) is 5.70 Å². The van der Waals surface area contributed by atoms with Crippen LogP contribution in [0.15, 0.2) is 22.4 Å². The van der Waals surface area contributed by atoms with Crippen molar-refractivity contribution in [2.24, 2.45) is 0 Å². The molecule has 0 fully saturated rings. The minimum atomic E-state index is 0.740. The van der Waals surface area contributed by atoms with Gasteiger partial charge in [0.1, 0.15) is 4.99 Å². The van der Waals surface area contributed by atoms with Crippen LogP contribution in [0.2, 0.25) is 0 Å². The largest absolute Gasteiger partial charge is 0.278 e. The molecule has 1 N–H and O–H groups in total. The van der Waals surface area contributed by atoms with Gasteiger partial charge in [-0.2, -0.15) is 0 Å². The molecule has 72 valence electrons. The van der Waals surface area contributed by atoms with E-state index in [4.69, 9.17) is 12.2 Å². The molecule has 0 spiro atoms. The predicted molar refractivity (Wildman–Crippen MR) is 63.3 cm³/mol. The molecule has 0 radical (unpaired) electrons. The topological polar surface area (TPSA) is 15.3 Å². The monoisotopic (exact) mass is 214 g/mol. The first-order valence-corrected chi connectivity index (χ1v) is 4.91. The lowest BCUT2D eigenvalue weighted by atomic mass is 10.0. The van der Waals surface area contributed by atoms with E-state index in [1.807, 2.05) is 13.8 Å². The van der Waals surface area contributed by atoms with Crippen molar-refractivity contribution in [2.45, 2.75) is 27.7 Å². The highest BCUT2D eigenvalue weighted by Gasteiger charge is 2.15. The maximum Gasteiger partial charge on any atom is 0.121 e. The molecule has 0 bridgehead atoms. The van der Waals surface area contributed by atoms with Crippen LogP contribution >= 0.6 is 25.0 Å². The second kappa shape index (κ2) is 3.72. The lowest BCUT2D eigenvalue weighted by Crippen LogP contribution is -2.32. The van der Waals surface area contributed by atoms with Gasteiger partial charge in [0.05, 0.1) is 0 Å². The maximum absolute atomic E-state index is 5.19. The molecule has 0 atom stereocenters. The minimum absolute atomic E-state index is 0.740. The van der Waals surface area contributed by atoms with Crippen LogP contribution in [0.1, 0.15) is 27.7 Å². The Bertz CT molecular complexity index is 316. The Labute approximate surface area is 90.2 Å². The summed E-state index contributed by atoms with van der Waals surface area (Å²) in [4.78, 5) is 0.740. The van der Waals surface area contributed by atoms with Crippen molar-refractivity contribution < 1.29 is 0 Å². The SMILES string of the molecule is CC1=C(C)C(C)=C(C)N(S)NC1=S. The van der Waals surface area contributed by atoms with Gasteiger partial charge in [-0.3, -0.25) is 5.43 Å². The molecule has 0 aliphatic carbocycles. The van der Waals surface area contributed by atoms with Gasteiger partial charge in [0.15, 0.2) is 0 Å². The van der Waals surface area contributed by atoms with Gasteiger partial charge >= 0.3 is 0 Å². The van der Waals surface area contributed by atoms with Crippen LogP contribution in [-0.4, -0.2) is 9.40 Å². The summed E-state index contributed by atoms with van der Waals surface area (Å²) < 4.78 is 1.66. The first-order valence-electron chi connectivity index (χ1n) is 4.10. The summed E-state index contributed by atoms with van der Waals surface area (Å²) in [6.45, 7) is 8.19. The van der Waals surface area contributed by atoms with Crippen molar-refractivity contribution in [3.05, 3.63) is 22.4 Å². The summed E-state index contributed by atoms with van der Waals surface area (Å²) in [6, 6.07) is 0. The molecule has 1 heterocycles. The van der Waals surface area contributed by atoms with Crippen LogP contribution in [0.5, 0.6) is 0 Å². The lowest BCUT2D eigenvalue weighted by Gasteiger charge is -2.19. The summed E-state index contributed by atoms with van der Waals surface area (Å²) in [5.41, 5.74) is 7.66. The number of hydrogen-bond acceptors (Lipinski definition) is 3. The molecule has 1 aliphatic rings. The van der Waals surface area contributed by atoms with Crippen LogP contribution < -0.4 is 5.43 Å². The van der Waals surface area contributed by atoms with Gasteiger partial charge in [0.25, 0.3) is 0 Å². The summed E-state index contributed by atoms with van der Waals surface area (Å²) in [5, 5.41) is 0. The fourth-order valence-corrected chi connectivity index (χ4v) is 1.71. The van der Waals surface area contributed by atoms with Gasteiger partial charge in [-0.05, 0) is 57.2 Å². The molecule has 0 aromatic heterocycles. The van der Waals surface area contributed by atoms with E-state index >= 15 is 0 Å². The number of rotatable bonds is 0. The molecule has 13 heavy (non-hydrogen) atoms. The first-order chi connectivity index (χ1) is 5.95. The van der Waals surface area contributed by atoms with Gasteiger partial charge < -0.3 is 0 Å². The highest BCUT2D eigenvalue weighted by molar-refractivity contribution is 7.81. The second-order valence-electron chi connectivity index (χ2n) is 3.21. The van der Waals surface area contributed by atoms with Crippen molar-refractivity contribution in [3.8, 4) is 0 Å². The molecule has 1 rings (SSSR count).